The largest absolute Gasteiger partial charge is 0.329 e. The predicted molar refractivity (Wildman–Crippen MR) is 60.9 cm³/mol. The van der Waals surface area contributed by atoms with Crippen molar-refractivity contribution >= 4 is 0 Å². The lowest BCUT2D eigenvalue weighted by Crippen LogP contribution is -2.65. The highest BCUT2D eigenvalue weighted by Gasteiger charge is 2.45. The Morgan fingerprint density at radius 1 is 1.21 bits per heavy atom. The third kappa shape index (κ3) is 2.10. The van der Waals surface area contributed by atoms with E-state index in [1.54, 1.807) is 0 Å². The molecule has 0 bridgehead atoms. The maximum Gasteiger partial charge on any atom is 0.0498 e. The summed E-state index contributed by atoms with van der Waals surface area (Å²) in [6, 6.07) is 0. The van der Waals surface area contributed by atoms with Crippen LogP contribution in [0, 0.1) is 5.41 Å². The summed E-state index contributed by atoms with van der Waals surface area (Å²) in [5.74, 6) is 0. The van der Waals surface area contributed by atoms with E-state index >= 15 is 0 Å². The van der Waals surface area contributed by atoms with E-state index in [1.807, 2.05) is 19.1 Å². The van der Waals surface area contributed by atoms with Gasteiger partial charge in [-0.05, 0) is 18.3 Å². The SMILES string of the molecule is CN(C)NC1(CN)CCCCC1(C)C. The number of rotatable bonds is 3. The van der Waals surface area contributed by atoms with E-state index in [2.05, 4.69) is 19.3 Å². The van der Waals surface area contributed by atoms with Gasteiger partial charge < -0.3 is 5.73 Å². The van der Waals surface area contributed by atoms with E-state index in [1.165, 1.54) is 25.7 Å². The van der Waals surface area contributed by atoms with Gasteiger partial charge in [0.1, 0.15) is 0 Å². The van der Waals surface area contributed by atoms with Crippen molar-refractivity contribution in [2.75, 3.05) is 20.6 Å². The molecule has 1 aliphatic carbocycles. The molecule has 0 aromatic heterocycles. The van der Waals surface area contributed by atoms with E-state index < -0.39 is 0 Å². The number of hydrogen-bond acceptors (Lipinski definition) is 3. The second-order valence-electron chi connectivity index (χ2n) is 5.38. The molecule has 84 valence electrons. The molecule has 1 fully saturated rings. The topological polar surface area (TPSA) is 41.3 Å². The van der Waals surface area contributed by atoms with Crippen LogP contribution in [-0.4, -0.2) is 31.2 Å². The van der Waals surface area contributed by atoms with Crippen molar-refractivity contribution in [3.8, 4) is 0 Å². The molecule has 1 atom stereocenters. The van der Waals surface area contributed by atoms with Crippen LogP contribution in [0.25, 0.3) is 0 Å². The highest BCUT2D eigenvalue weighted by atomic mass is 15.5. The van der Waals surface area contributed by atoms with Gasteiger partial charge in [0.2, 0.25) is 0 Å². The fraction of sp³-hybridized carbons (Fsp3) is 1.00. The Morgan fingerprint density at radius 2 is 1.79 bits per heavy atom. The molecule has 0 amide bonds. The standard InChI is InChI=1S/C11H25N3/c1-10(2)7-5-6-8-11(10,9-12)13-14(3)4/h13H,5-9,12H2,1-4H3. The minimum absolute atomic E-state index is 0.0920. The summed E-state index contributed by atoms with van der Waals surface area (Å²) in [7, 11) is 4.09. The Bertz CT molecular complexity index is 189. The monoisotopic (exact) mass is 199 g/mol. The van der Waals surface area contributed by atoms with E-state index in [-0.39, 0.29) is 5.54 Å². The minimum atomic E-state index is 0.0920. The second-order valence-corrected chi connectivity index (χ2v) is 5.38. The van der Waals surface area contributed by atoms with Crippen molar-refractivity contribution in [2.24, 2.45) is 11.1 Å². The molecule has 3 N–H and O–H groups in total. The molecule has 0 aromatic rings. The Kier molecular flexibility index (Phi) is 3.56. The summed E-state index contributed by atoms with van der Waals surface area (Å²) in [4.78, 5) is 0. The zero-order valence-electron chi connectivity index (χ0n) is 10.1. The van der Waals surface area contributed by atoms with Crippen LogP contribution in [0.1, 0.15) is 39.5 Å². The van der Waals surface area contributed by atoms with Crippen LogP contribution in [-0.2, 0) is 0 Å². The Hall–Kier alpha value is -0.120. The van der Waals surface area contributed by atoms with Gasteiger partial charge in [0.05, 0.1) is 0 Å². The molecule has 14 heavy (non-hydrogen) atoms. The van der Waals surface area contributed by atoms with E-state index in [0.717, 1.165) is 6.54 Å². The molecular weight excluding hydrogens is 174 g/mol. The molecule has 0 radical (unpaired) electrons. The van der Waals surface area contributed by atoms with Gasteiger partial charge in [-0.3, -0.25) is 5.01 Å². The van der Waals surface area contributed by atoms with Crippen molar-refractivity contribution in [1.29, 1.82) is 0 Å². The van der Waals surface area contributed by atoms with Gasteiger partial charge in [0.15, 0.2) is 0 Å². The van der Waals surface area contributed by atoms with Crippen LogP contribution in [0.15, 0.2) is 0 Å². The van der Waals surface area contributed by atoms with Gasteiger partial charge in [-0.2, -0.15) is 0 Å². The zero-order chi connectivity index (χ0) is 10.8. The molecule has 0 aliphatic heterocycles. The van der Waals surface area contributed by atoms with E-state index in [4.69, 9.17) is 5.73 Å². The van der Waals surface area contributed by atoms with Crippen molar-refractivity contribution in [3.63, 3.8) is 0 Å². The summed E-state index contributed by atoms with van der Waals surface area (Å²) in [6.07, 6.45) is 5.09. The fourth-order valence-corrected chi connectivity index (χ4v) is 2.63. The summed E-state index contributed by atoms with van der Waals surface area (Å²) in [6.45, 7) is 5.38. The van der Waals surface area contributed by atoms with Crippen LogP contribution in [0.4, 0.5) is 0 Å². The van der Waals surface area contributed by atoms with E-state index in [9.17, 15) is 0 Å². The molecule has 0 heterocycles. The first-order chi connectivity index (χ1) is 6.43. The summed E-state index contributed by atoms with van der Waals surface area (Å²) >= 11 is 0. The third-order valence-electron chi connectivity index (χ3n) is 3.74. The number of nitrogens with one attached hydrogen (secondary N) is 1. The van der Waals surface area contributed by atoms with Gasteiger partial charge in [0, 0.05) is 26.2 Å². The molecule has 1 unspecified atom stereocenters. The predicted octanol–water partition coefficient (Wildman–Crippen LogP) is 1.35. The molecule has 0 spiro atoms. The van der Waals surface area contributed by atoms with Crippen molar-refractivity contribution in [2.45, 2.75) is 45.1 Å². The highest BCUT2D eigenvalue weighted by molar-refractivity contribution is 5.02. The maximum atomic E-state index is 5.97. The zero-order valence-corrected chi connectivity index (χ0v) is 10.1. The van der Waals surface area contributed by atoms with Gasteiger partial charge >= 0.3 is 0 Å². The quantitative estimate of drug-likeness (QED) is 0.674. The van der Waals surface area contributed by atoms with Crippen LogP contribution in [0.3, 0.4) is 0 Å². The molecule has 1 aliphatic rings. The smallest absolute Gasteiger partial charge is 0.0498 e. The summed E-state index contributed by atoms with van der Waals surface area (Å²) in [5.41, 5.74) is 9.90. The minimum Gasteiger partial charge on any atom is -0.329 e. The first kappa shape index (κ1) is 12.0. The van der Waals surface area contributed by atoms with Crippen LogP contribution in [0.2, 0.25) is 0 Å². The first-order valence-electron chi connectivity index (χ1n) is 5.59. The van der Waals surface area contributed by atoms with Gasteiger partial charge in [-0.15, -0.1) is 0 Å². The van der Waals surface area contributed by atoms with E-state index in [0.29, 0.717) is 5.41 Å². The molecular formula is C11H25N3. The highest BCUT2D eigenvalue weighted by Crippen LogP contribution is 2.43. The lowest BCUT2D eigenvalue weighted by molar-refractivity contribution is 0.0131. The maximum absolute atomic E-state index is 5.97. The molecule has 1 saturated carbocycles. The number of hydrogen-bond donors (Lipinski definition) is 2. The van der Waals surface area contributed by atoms with Gasteiger partial charge in [-0.25, -0.2) is 5.43 Å². The average molecular weight is 199 g/mol. The number of nitrogens with two attached hydrogens (primary N) is 1. The summed E-state index contributed by atoms with van der Waals surface area (Å²) in [5, 5.41) is 2.04. The van der Waals surface area contributed by atoms with Crippen LogP contribution >= 0.6 is 0 Å². The molecule has 1 rings (SSSR count). The normalized spacial score (nSPS) is 32.1. The Labute approximate surface area is 88.0 Å². The third-order valence-corrected chi connectivity index (χ3v) is 3.74. The van der Waals surface area contributed by atoms with Crippen molar-refractivity contribution in [1.82, 2.24) is 10.4 Å². The second kappa shape index (κ2) is 4.17. The lowest BCUT2D eigenvalue weighted by atomic mass is 9.63. The van der Waals surface area contributed by atoms with Crippen molar-refractivity contribution in [3.05, 3.63) is 0 Å². The van der Waals surface area contributed by atoms with Gasteiger partial charge in [-0.1, -0.05) is 26.7 Å². The number of nitrogens with zero attached hydrogens (tertiary/aromatic N) is 1. The molecule has 3 nitrogen and oxygen atoms in total. The Morgan fingerprint density at radius 3 is 2.21 bits per heavy atom. The average Bonchev–Trinajstić information content (AvgIpc) is 2.08. The number of hydrazine groups is 1. The van der Waals surface area contributed by atoms with Crippen molar-refractivity contribution < 1.29 is 0 Å². The van der Waals surface area contributed by atoms with Crippen LogP contribution < -0.4 is 11.2 Å². The molecule has 0 aromatic carbocycles. The summed E-state index contributed by atoms with van der Waals surface area (Å²) < 4.78 is 0. The lowest BCUT2D eigenvalue weighted by Gasteiger charge is -2.51. The molecule has 3 heteroatoms. The van der Waals surface area contributed by atoms with Gasteiger partial charge in [0.25, 0.3) is 0 Å². The molecule has 0 saturated heterocycles. The Balaban J connectivity index is 2.82. The fourth-order valence-electron chi connectivity index (χ4n) is 2.63. The first-order valence-corrected chi connectivity index (χ1v) is 5.59. The van der Waals surface area contributed by atoms with Crippen LogP contribution in [0.5, 0.6) is 0 Å².